The minimum atomic E-state index is -0.596. The maximum atomic E-state index is 12.9. The Morgan fingerprint density at radius 1 is 0.882 bits per heavy atom. The number of hydrogen-bond acceptors (Lipinski definition) is 5. The van der Waals surface area contributed by atoms with Gasteiger partial charge in [0.05, 0.1) is 23.4 Å². The van der Waals surface area contributed by atoms with E-state index < -0.39 is 11.9 Å². The van der Waals surface area contributed by atoms with Crippen molar-refractivity contribution >= 4 is 35.1 Å². The third kappa shape index (κ3) is 3.91. The fourth-order valence-electron chi connectivity index (χ4n) is 5.16. The number of anilines is 2. The molecule has 2 fully saturated rings. The number of benzene rings is 2. The molecule has 0 spiro atoms. The third-order valence-electron chi connectivity index (χ3n) is 6.78. The van der Waals surface area contributed by atoms with Crippen molar-refractivity contribution in [2.45, 2.75) is 33.1 Å². The number of amides is 3. The van der Waals surface area contributed by atoms with Crippen LogP contribution in [-0.2, 0) is 19.2 Å². The molecule has 0 saturated carbocycles. The Kier molecular flexibility index (Phi) is 5.55. The summed E-state index contributed by atoms with van der Waals surface area (Å²) < 4.78 is 5.59. The molecule has 2 aromatic carbocycles. The van der Waals surface area contributed by atoms with Crippen LogP contribution in [0.25, 0.3) is 0 Å². The van der Waals surface area contributed by atoms with Crippen molar-refractivity contribution in [1.82, 2.24) is 0 Å². The SMILES string of the molecule is Cc1cc(C)cc(N2C[C@H](C(=O)Oc3cccc(N4C(=O)[C@H]5CC=CC[C@@H]5C4=O)c3)CC2=O)c1. The quantitative estimate of drug-likeness (QED) is 0.302. The van der Waals surface area contributed by atoms with Crippen LogP contribution in [0.4, 0.5) is 11.4 Å². The smallest absolute Gasteiger partial charge is 0.316 e. The highest BCUT2D eigenvalue weighted by Crippen LogP contribution is 2.38. The van der Waals surface area contributed by atoms with Gasteiger partial charge in [-0.3, -0.25) is 19.2 Å². The molecule has 0 bridgehead atoms. The first-order chi connectivity index (χ1) is 16.3. The summed E-state index contributed by atoms with van der Waals surface area (Å²) in [6, 6.07) is 12.4. The van der Waals surface area contributed by atoms with Crippen molar-refractivity contribution < 1.29 is 23.9 Å². The fourth-order valence-corrected chi connectivity index (χ4v) is 5.16. The molecular weight excluding hydrogens is 432 g/mol. The monoisotopic (exact) mass is 458 g/mol. The van der Waals surface area contributed by atoms with Crippen molar-refractivity contribution in [2.24, 2.45) is 17.8 Å². The summed E-state index contributed by atoms with van der Waals surface area (Å²) >= 11 is 0. The minimum absolute atomic E-state index is 0.0744. The number of imide groups is 1. The number of fused-ring (bicyclic) bond motifs is 1. The number of aryl methyl sites for hydroxylation is 2. The van der Waals surface area contributed by atoms with E-state index in [4.69, 9.17) is 4.74 Å². The molecule has 2 aromatic rings. The standard InChI is InChI=1S/C27H26N2O5/c1-16-10-17(2)12-20(11-16)28-15-18(13-24(28)30)27(33)34-21-7-5-6-19(14-21)29-25(31)22-8-3-4-9-23(22)26(29)32/h3-7,10-12,14,18,22-23H,8-9,13,15H2,1-2H3/t18-,22+,23+/m1/s1. The Morgan fingerprint density at radius 2 is 1.53 bits per heavy atom. The number of carbonyl (C=O) groups excluding carboxylic acids is 4. The lowest BCUT2D eigenvalue weighted by Crippen LogP contribution is -2.31. The van der Waals surface area contributed by atoms with Gasteiger partial charge in [-0.2, -0.15) is 0 Å². The van der Waals surface area contributed by atoms with Gasteiger partial charge in [-0.05, 0) is 62.1 Å². The molecule has 3 aliphatic rings. The Labute approximate surface area is 198 Å². The normalized spacial score (nSPS) is 24.1. The van der Waals surface area contributed by atoms with E-state index >= 15 is 0 Å². The molecule has 2 aliphatic heterocycles. The number of ether oxygens (including phenoxy) is 1. The average molecular weight is 459 g/mol. The fraction of sp³-hybridized carbons (Fsp3) is 0.333. The highest BCUT2D eigenvalue weighted by molar-refractivity contribution is 6.22. The average Bonchev–Trinajstić information content (AvgIpc) is 3.31. The molecule has 2 heterocycles. The summed E-state index contributed by atoms with van der Waals surface area (Å²) in [6.45, 7) is 4.19. The molecule has 3 amide bonds. The van der Waals surface area contributed by atoms with Crippen LogP contribution in [0.3, 0.4) is 0 Å². The van der Waals surface area contributed by atoms with Crippen LogP contribution in [0.2, 0.25) is 0 Å². The summed E-state index contributed by atoms with van der Waals surface area (Å²) in [5.74, 6) is -2.07. The van der Waals surface area contributed by atoms with Gasteiger partial charge in [0.2, 0.25) is 17.7 Å². The zero-order chi connectivity index (χ0) is 24.0. The van der Waals surface area contributed by atoms with Gasteiger partial charge < -0.3 is 9.64 Å². The van der Waals surface area contributed by atoms with Crippen LogP contribution >= 0.6 is 0 Å². The van der Waals surface area contributed by atoms with Gasteiger partial charge in [-0.25, -0.2) is 4.90 Å². The van der Waals surface area contributed by atoms with Crippen molar-refractivity contribution in [3.05, 3.63) is 65.7 Å². The molecule has 3 atom stereocenters. The van der Waals surface area contributed by atoms with Crippen molar-refractivity contribution in [3.8, 4) is 5.75 Å². The lowest BCUT2D eigenvalue weighted by atomic mass is 9.85. The predicted octanol–water partition coefficient (Wildman–Crippen LogP) is 3.72. The van der Waals surface area contributed by atoms with Crippen LogP contribution in [0.1, 0.15) is 30.4 Å². The number of rotatable bonds is 4. The Morgan fingerprint density at radius 3 is 2.18 bits per heavy atom. The molecule has 1 aliphatic carbocycles. The van der Waals surface area contributed by atoms with Crippen LogP contribution in [-0.4, -0.2) is 30.2 Å². The van der Waals surface area contributed by atoms with Gasteiger partial charge in [0.1, 0.15) is 5.75 Å². The van der Waals surface area contributed by atoms with Crippen molar-refractivity contribution in [2.75, 3.05) is 16.3 Å². The summed E-state index contributed by atoms with van der Waals surface area (Å²) in [4.78, 5) is 54.1. The summed E-state index contributed by atoms with van der Waals surface area (Å²) in [6.07, 6.45) is 5.09. The van der Waals surface area contributed by atoms with Crippen LogP contribution in [0.5, 0.6) is 5.75 Å². The van der Waals surface area contributed by atoms with Crippen LogP contribution in [0, 0.1) is 31.6 Å². The number of allylic oxidation sites excluding steroid dienone is 2. The second kappa shape index (κ2) is 8.56. The summed E-state index contributed by atoms with van der Waals surface area (Å²) in [7, 11) is 0. The lowest BCUT2D eigenvalue weighted by Gasteiger charge is -2.18. The van der Waals surface area contributed by atoms with E-state index in [1.54, 1.807) is 23.1 Å². The highest BCUT2D eigenvalue weighted by atomic mass is 16.5. The Balaban J connectivity index is 1.30. The molecule has 0 aromatic heterocycles. The molecule has 5 rings (SSSR count). The Hall–Kier alpha value is -3.74. The molecule has 34 heavy (non-hydrogen) atoms. The first-order valence-electron chi connectivity index (χ1n) is 11.5. The van der Waals surface area contributed by atoms with Crippen LogP contribution < -0.4 is 14.5 Å². The van der Waals surface area contributed by atoms with Crippen LogP contribution in [0.15, 0.2) is 54.6 Å². The molecule has 174 valence electrons. The van der Waals surface area contributed by atoms with Crippen molar-refractivity contribution in [1.29, 1.82) is 0 Å². The zero-order valence-electron chi connectivity index (χ0n) is 19.2. The molecule has 7 nitrogen and oxygen atoms in total. The van der Waals surface area contributed by atoms with Gasteiger partial charge in [0.25, 0.3) is 0 Å². The van der Waals surface area contributed by atoms with Gasteiger partial charge in [0.15, 0.2) is 0 Å². The Bertz CT molecular complexity index is 1190. The van der Waals surface area contributed by atoms with Gasteiger partial charge in [0, 0.05) is 24.7 Å². The summed E-state index contributed by atoms with van der Waals surface area (Å²) in [5.41, 5.74) is 3.27. The number of nitrogens with zero attached hydrogens (tertiary/aromatic N) is 2. The van der Waals surface area contributed by atoms with E-state index in [0.717, 1.165) is 16.8 Å². The molecule has 7 heteroatoms. The zero-order valence-corrected chi connectivity index (χ0v) is 19.2. The maximum Gasteiger partial charge on any atom is 0.316 e. The molecular formula is C27H26N2O5. The number of carbonyl (C=O) groups is 4. The first kappa shape index (κ1) is 22.1. The van der Waals surface area contributed by atoms with Crippen molar-refractivity contribution in [3.63, 3.8) is 0 Å². The molecule has 0 N–H and O–H groups in total. The second-order valence-corrected chi connectivity index (χ2v) is 9.34. The van der Waals surface area contributed by atoms with Gasteiger partial charge in [-0.15, -0.1) is 0 Å². The molecule has 0 unspecified atom stereocenters. The number of hydrogen-bond donors (Lipinski definition) is 0. The molecule has 2 saturated heterocycles. The minimum Gasteiger partial charge on any atom is -0.426 e. The van der Waals surface area contributed by atoms with Gasteiger partial charge in [-0.1, -0.05) is 24.3 Å². The third-order valence-corrected chi connectivity index (χ3v) is 6.78. The summed E-state index contributed by atoms with van der Waals surface area (Å²) in [5, 5.41) is 0. The van der Waals surface area contributed by atoms with E-state index in [1.165, 1.54) is 11.0 Å². The number of esters is 1. The lowest BCUT2D eigenvalue weighted by molar-refractivity contribution is -0.139. The second-order valence-electron chi connectivity index (χ2n) is 9.34. The van der Waals surface area contributed by atoms with E-state index in [1.807, 2.05) is 44.2 Å². The van der Waals surface area contributed by atoms with E-state index in [0.29, 0.717) is 18.5 Å². The largest absolute Gasteiger partial charge is 0.426 e. The topological polar surface area (TPSA) is 84.0 Å². The van der Waals surface area contributed by atoms with E-state index in [-0.39, 0.29) is 48.3 Å². The van der Waals surface area contributed by atoms with E-state index in [2.05, 4.69) is 0 Å². The first-order valence-corrected chi connectivity index (χ1v) is 11.5. The maximum absolute atomic E-state index is 12.9. The van der Waals surface area contributed by atoms with Gasteiger partial charge >= 0.3 is 5.97 Å². The highest BCUT2D eigenvalue weighted by Gasteiger charge is 2.48. The predicted molar refractivity (Wildman–Crippen MR) is 126 cm³/mol. The van der Waals surface area contributed by atoms with E-state index in [9.17, 15) is 19.2 Å². The molecule has 0 radical (unpaired) electrons.